The number of amides is 2. The predicted molar refractivity (Wildman–Crippen MR) is 67.1 cm³/mol. The molecule has 0 saturated carbocycles. The maximum Gasteiger partial charge on any atom is 0.317 e. The Morgan fingerprint density at radius 2 is 2.17 bits per heavy atom. The molecule has 18 heavy (non-hydrogen) atoms. The van der Waals surface area contributed by atoms with Crippen LogP contribution in [0.4, 0.5) is 4.79 Å². The summed E-state index contributed by atoms with van der Waals surface area (Å²) in [4.78, 5) is 13.6. The number of fused-ring (bicyclic) bond motifs is 1. The van der Waals surface area contributed by atoms with Gasteiger partial charge in [0.2, 0.25) is 0 Å². The second-order valence-electron chi connectivity index (χ2n) is 5.33. The van der Waals surface area contributed by atoms with Crippen molar-refractivity contribution < 1.29 is 17.9 Å². The summed E-state index contributed by atoms with van der Waals surface area (Å²) >= 11 is 0. The van der Waals surface area contributed by atoms with Crippen LogP contribution in [0.3, 0.4) is 0 Å². The fourth-order valence-corrected chi connectivity index (χ4v) is 4.23. The number of hydrogen-bond donors (Lipinski definition) is 1. The van der Waals surface area contributed by atoms with Crippen LogP contribution in [0.15, 0.2) is 0 Å². The van der Waals surface area contributed by atoms with Crippen molar-refractivity contribution in [2.24, 2.45) is 5.92 Å². The van der Waals surface area contributed by atoms with Crippen LogP contribution in [0.5, 0.6) is 0 Å². The molecule has 2 heterocycles. The molecule has 2 amide bonds. The van der Waals surface area contributed by atoms with E-state index in [1.165, 1.54) is 0 Å². The van der Waals surface area contributed by atoms with E-state index < -0.39 is 9.84 Å². The third kappa shape index (κ3) is 2.95. The summed E-state index contributed by atoms with van der Waals surface area (Å²) in [5.41, 5.74) is 0. The second kappa shape index (κ2) is 5.05. The van der Waals surface area contributed by atoms with Gasteiger partial charge in [-0.1, -0.05) is 13.8 Å². The lowest BCUT2D eigenvalue weighted by atomic mass is 10.1. The van der Waals surface area contributed by atoms with Crippen LogP contribution >= 0.6 is 0 Å². The molecule has 2 aliphatic heterocycles. The SMILES string of the molecule is CC(C)CNC(=O)N1CCOC2CS(=O)(=O)CC21. The Morgan fingerprint density at radius 1 is 1.44 bits per heavy atom. The molecule has 0 radical (unpaired) electrons. The van der Waals surface area contributed by atoms with E-state index in [2.05, 4.69) is 5.32 Å². The van der Waals surface area contributed by atoms with Crippen molar-refractivity contribution in [3.63, 3.8) is 0 Å². The molecule has 0 aliphatic carbocycles. The van der Waals surface area contributed by atoms with E-state index in [1.54, 1.807) is 4.90 Å². The van der Waals surface area contributed by atoms with Crippen molar-refractivity contribution in [2.75, 3.05) is 31.2 Å². The van der Waals surface area contributed by atoms with Crippen LogP contribution in [-0.2, 0) is 14.6 Å². The highest BCUT2D eigenvalue weighted by molar-refractivity contribution is 7.91. The van der Waals surface area contributed by atoms with Gasteiger partial charge in [0.05, 0.1) is 30.3 Å². The van der Waals surface area contributed by atoms with E-state index in [0.717, 1.165) is 0 Å². The van der Waals surface area contributed by atoms with Crippen LogP contribution < -0.4 is 5.32 Å². The Hall–Kier alpha value is -0.820. The third-order valence-electron chi connectivity index (χ3n) is 3.26. The number of morpholine rings is 1. The van der Waals surface area contributed by atoms with Gasteiger partial charge in [0.15, 0.2) is 9.84 Å². The minimum absolute atomic E-state index is 0.0206. The lowest BCUT2D eigenvalue weighted by Gasteiger charge is -2.36. The van der Waals surface area contributed by atoms with E-state index in [9.17, 15) is 13.2 Å². The van der Waals surface area contributed by atoms with Crippen molar-refractivity contribution in [2.45, 2.75) is 26.0 Å². The van der Waals surface area contributed by atoms with Gasteiger partial charge in [-0.25, -0.2) is 13.2 Å². The number of hydrogen-bond acceptors (Lipinski definition) is 4. The standard InChI is InChI=1S/C11H20N2O4S/c1-8(2)5-12-11(14)13-3-4-17-10-7-18(15,16)6-9(10)13/h8-10H,3-7H2,1-2H3,(H,12,14). The van der Waals surface area contributed by atoms with Gasteiger partial charge in [-0.15, -0.1) is 0 Å². The molecule has 2 aliphatic rings. The second-order valence-corrected chi connectivity index (χ2v) is 7.48. The topological polar surface area (TPSA) is 75.7 Å². The zero-order valence-electron chi connectivity index (χ0n) is 10.8. The lowest BCUT2D eigenvalue weighted by molar-refractivity contribution is -0.0290. The largest absolute Gasteiger partial charge is 0.373 e. The van der Waals surface area contributed by atoms with E-state index >= 15 is 0 Å². The highest BCUT2D eigenvalue weighted by atomic mass is 32.2. The molecule has 0 aromatic carbocycles. The first-order valence-electron chi connectivity index (χ1n) is 6.25. The van der Waals surface area contributed by atoms with Gasteiger partial charge >= 0.3 is 6.03 Å². The van der Waals surface area contributed by atoms with E-state index in [1.807, 2.05) is 13.8 Å². The Bertz CT molecular complexity index is 421. The number of sulfone groups is 1. The normalized spacial score (nSPS) is 30.3. The van der Waals surface area contributed by atoms with Crippen LogP contribution in [0.2, 0.25) is 0 Å². The summed E-state index contributed by atoms with van der Waals surface area (Å²) in [6, 6.07) is -0.505. The molecule has 1 N–H and O–H groups in total. The van der Waals surface area contributed by atoms with Crippen molar-refractivity contribution >= 4 is 15.9 Å². The van der Waals surface area contributed by atoms with Crippen molar-refractivity contribution in [3.05, 3.63) is 0 Å². The zero-order valence-corrected chi connectivity index (χ0v) is 11.6. The number of ether oxygens (including phenoxy) is 1. The average Bonchev–Trinajstić information content (AvgIpc) is 2.59. The molecule has 0 spiro atoms. The van der Waals surface area contributed by atoms with Gasteiger partial charge in [-0.05, 0) is 5.92 Å². The molecule has 0 bridgehead atoms. The molecule has 2 rings (SSSR count). The summed E-state index contributed by atoms with van der Waals surface area (Å²) in [5, 5.41) is 2.83. The number of rotatable bonds is 2. The molecular formula is C11H20N2O4S. The number of urea groups is 1. The molecule has 2 atom stereocenters. The molecule has 6 nitrogen and oxygen atoms in total. The molecule has 2 saturated heterocycles. The lowest BCUT2D eigenvalue weighted by Crippen LogP contribution is -2.56. The Morgan fingerprint density at radius 3 is 2.83 bits per heavy atom. The first-order chi connectivity index (χ1) is 8.39. The minimum Gasteiger partial charge on any atom is -0.373 e. The predicted octanol–water partition coefficient (Wildman–Crippen LogP) is -0.150. The molecule has 2 fully saturated rings. The summed E-state index contributed by atoms with van der Waals surface area (Å²) in [7, 11) is -3.07. The van der Waals surface area contributed by atoms with E-state index in [-0.39, 0.29) is 29.7 Å². The summed E-state index contributed by atoms with van der Waals surface area (Å²) in [6.45, 7) is 5.50. The monoisotopic (exact) mass is 276 g/mol. The van der Waals surface area contributed by atoms with Crippen molar-refractivity contribution in [1.82, 2.24) is 10.2 Å². The number of carbonyl (C=O) groups excluding carboxylic acids is 1. The molecule has 0 aromatic heterocycles. The van der Waals surface area contributed by atoms with E-state index in [0.29, 0.717) is 25.6 Å². The van der Waals surface area contributed by atoms with Crippen molar-refractivity contribution in [1.29, 1.82) is 0 Å². The fraction of sp³-hybridized carbons (Fsp3) is 0.909. The Labute approximate surface area is 108 Å². The number of carbonyl (C=O) groups is 1. The third-order valence-corrected chi connectivity index (χ3v) is 4.94. The van der Waals surface area contributed by atoms with Gasteiger partial charge in [0, 0.05) is 13.1 Å². The molecule has 2 unspecified atom stereocenters. The van der Waals surface area contributed by atoms with Crippen LogP contribution in [0.25, 0.3) is 0 Å². The Balaban J connectivity index is 2.02. The maximum atomic E-state index is 12.0. The highest BCUT2D eigenvalue weighted by Gasteiger charge is 2.45. The van der Waals surface area contributed by atoms with Gasteiger partial charge in [-0.2, -0.15) is 0 Å². The Kier molecular flexibility index (Phi) is 3.82. The minimum atomic E-state index is -3.07. The number of nitrogens with zero attached hydrogens (tertiary/aromatic N) is 1. The summed E-state index contributed by atoms with van der Waals surface area (Å²) in [5.74, 6) is 0.427. The quantitative estimate of drug-likeness (QED) is 0.761. The first kappa shape index (κ1) is 13.6. The van der Waals surface area contributed by atoms with Crippen LogP contribution in [-0.4, -0.2) is 62.7 Å². The average molecular weight is 276 g/mol. The number of nitrogens with one attached hydrogen (secondary N) is 1. The summed E-state index contributed by atoms with van der Waals surface area (Å²) in [6.07, 6.45) is -0.353. The van der Waals surface area contributed by atoms with Crippen molar-refractivity contribution in [3.8, 4) is 0 Å². The molecule has 0 aromatic rings. The van der Waals surface area contributed by atoms with Gasteiger partial charge < -0.3 is 15.0 Å². The zero-order chi connectivity index (χ0) is 13.3. The fourth-order valence-electron chi connectivity index (χ4n) is 2.36. The van der Waals surface area contributed by atoms with Gasteiger partial charge in [-0.3, -0.25) is 0 Å². The van der Waals surface area contributed by atoms with Gasteiger partial charge in [0.25, 0.3) is 0 Å². The summed E-state index contributed by atoms with van der Waals surface area (Å²) < 4.78 is 28.6. The molecule has 7 heteroatoms. The molecular weight excluding hydrogens is 256 g/mol. The van der Waals surface area contributed by atoms with Crippen LogP contribution in [0, 0.1) is 5.92 Å². The first-order valence-corrected chi connectivity index (χ1v) is 8.07. The smallest absolute Gasteiger partial charge is 0.317 e. The van der Waals surface area contributed by atoms with Gasteiger partial charge in [0.1, 0.15) is 0 Å². The molecule has 104 valence electrons. The maximum absolute atomic E-state index is 12.0. The highest BCUT2D eigenvalue weighted by Crippen LogP contribution is 2.24. The van der Waals surface area contributed by atoms with Crippen LogP contribution in [0.1, 0.15) is 13.8 Å². The van der Waals surface area contributed by atoms with E-state index in [4.69, 9.17) is 4.74 Å².